The molecule has 0 radical (unpaired) electrons. The molecule has 102 valence electrons. The predicted molar refractivity (Wildman–Crippen MR) is 64.5 cm³/mol. The third-order valence-electron chi connectivity index (χ3n) is 3.21. The summed E-state index contributed by atoms with van der Waals surface area (Å²) in [4.78, 5) is 25.3. The van der Waals surface area contributed by atoms with Crippen LogP contribution in [0.3, 0.4) is 0 Å². The van der Waals surface area contributed by atoms with Crippen LogP contribution in [0.2, 0.25) is 0 Å². The monoisotopic (exact) mass is 268 g/mol. The number of hydrogen-bond acceptors (Lipinski definition) is 2. The van der Waals surface area contributed by atoms with E-state index in [1.54, 1.807) is 13.8 Å². The molecule has 0 atom stereocenters. The molecule has 0 spiro atoms. The Morgan fingerprint density at radius 3 is 2.42 bits per heavy atom. The van der Waals surface area contributed by atoms with Crippen LogP contribution in [0.1, 0.15) is 24.2 Å². The van der Waals surface area contributed by atoms with Crippen molar-refractivity contribution >= 4 is 11.8 Å². The highest BCUT2D eigenvalue weighted by Gasteiger charge is 2.40. The number of carbonyl (C=O) groups excluding carboxylic acids is 2. The molecule has 1 heterocycles. The molecule has 2 rings (SSSR count). The molecule has 1 aromatic rings. The fourth-order valence-corrected chi connectivity index (χ4v) is 2.09. The molecule has 19 heavy (non-hydrogen) atoms. The van der Waals surface area contributed by atoms with Crippen LogP contribution in [-0.4, -0.2) is 35.3 Å². The highest BCUT2D eigenvalue weighted by molar-refractivity contribution is 5.99. The Balaban J connectivity index is 2.35. The van der Waals surface area contributed by atoms with Gasteiger partial charge in [0.2, 0.25) is 5.91 Å². The molecule has 2 amide bonds. The van der Waals surface area contributed by atoms with Crippen LogP contribution in [0.15, 0.2) is 18.2 Å². The van der Waals surface area contributed by atoms with E-state index in [0.29, 0.717) is 19.2 Å². The van der Waals surface area contributed by atoms with Crippen molar-refractivity contribution < 1.29 is 18.4 Å². The molecule has 0 saturated carbocycles. The molecule has 0 bridgehead atoms. The van der Waals surface area contributed by atoms with Crippen LogP contribution in [0, 0.1) is 11.6 Å². The van der Waals surface area contributed by atoms with Crippen molar-refractivity contribution in [2.24, 2.45) is 0 Å². The minimum Gasteiger partial charge on any atom is -0.352 e. The van der Waals surface area contributed by atoms with Gasteiger partial charge in [-0.2, -0.15) is 0 Å². The van der Waals surface area contributed by atoms with Crippen molar-refractivity contribution in [1.82, 2.24) is 10.2 Å². The Morgan fingerprint density at radius 1 is 1.26 bits per heavy atom. The van der Waals surface area contributed by atoms with Gasteiger partial charge in [0.1, 0.15) is 17.2 Å². The zero-order valence-electron chi connectivity index (χ0n) is 10.7. The van der Waals surface area contributed by atoms with Gasteiger partial charge in [0.15, 0.2) is 0 Å². The third-order valence-corrected chi connectivity index (χ3v) is 3.21. The van der Waals surface area contributed by atoms with E-state index >= 15 is 0 Å². The second-order valence-corrected chi connectivity index (χ2v) is 4.93. The van der Waals surface area contributed by atoms with Gasteiger partial charge in [0.05, 0.1) is 0 Å². The SMILES string of the molecule is CC1(C)C(=O)NCCN1C(=O)c1cc(F)cc(F)c1. The summed E-state index contributed by atoms with van der Waals surface area (Å²) < 4.78 is 26.3. The number of hydrogen-bond donors (Lipinski definition) is 1. The molecule has 1 N–H and O–H groups in total. The van der Waals surface area contributed by atoms with Gasteiger partial charge in [0.25, 0.3) is 5.91 Å². The third kappa shape index (κ3) is 2.43. The molecule has 0 aliphatic carbocycles. The first-order valence-electron chi connectivity index (χ1n) is 5.89. The summed E-state index contributed by atoms with van der Waals surface area (Å²) >= 11 is 0. The molecule has 0 unspecified atom stereocenters. The van der Waals surface area contributed by atoms with Gasteiger partial charge in [-0.3, -0.25) is 9.59 Å². The number of nitrogens with zero attached hydrogens (tertiary/aromatic N) is 1. The minimum absolute atomic E-state index is 0.0970. The lowest BCUT2D eigenvalue weighted by Crippen LogP contribution is -2.63. The van der Waals surface area contributed by atoms with Crippen LogP contribution in [0.25, 0.3) is 0 Å². The van der Waals surface area contributed by atoms with E-state index in [1.807, 2.05) is 0 Å². The first-order chi connectivity index (χ1) is 8.82. The first-order valence-corrected chi connectivity index (χ1v) is 5.89. The van der Waals surface area contributed by atoms with Crippen LogP contribution in [0.4, 0.5) is 8.78 Å². The van der Waals surface area contributed by atoms with Gasteiger partial charge in [-0.15, -0.1) is 0 Å². The summed E-state index contributed by atoms with van der Waals surface area (Å²) in [5, 5.41) is 2.65. The summed E-state index contributed by atoms with van der Waals surface area (Å²) in [6, 6.07) is 2.63. The molecule has 1 aliphatic heterocycles. The Kier molecular flexibility index (Phi) is 3.26. The van der Waals surface area contributed by atoms with E-state index in [2.05, 4.69) is 5.32 Å². The standard InChI is InChI=1S/C13H14F2N2O2/c1-13(2)12(19)16-3-4-17(13)11(18)8-5-9(14)7-10(15)6-8/h5-7H,3-4H2,1-2H3,(H,16,19). The van der Waals surface area contributed by atoms with Crippen molar-refractivity contribution in [2.75, 3.05) is 13.1 Å². The van der Waals surface area contributed by atoms with Crippen LogP contribution in [-0.2, 0) is 4.79 Å². The first kappa shape index (κ1) is 13.5. The van der Waals surface area contributed by atoms with Crippen LogP contribution in [0.5, 0.6) is 0 Å². The molecular weight excluding hydrogens is 254 g/mol. The van der Waals surface area contributed by atoms with Crippen molar-refractivity contribution in [2.45, 2.75) is 19.4 Å². The molecule has 1 aliphatic rings. The zero-order chi connectivity index (χ0) is 14.2. The maximum atomic E-state index is 13.1. The van der Waals surface area contributed by atoms with Crippen molar-refractivity contribution in [1.29, 1.82) is 0 Å². The molecular formula is C13H14F2N2O2. The van der Waals surface area contributed by atoms with Gasteiger partial charge >= 0.3 is 0 Å². The van der Waals surface area contributed by atoms with Crippen LogP contribution < -0.4 is 5.32 Å². The largest absolute Gasteiger partial charge is 0.352 e. The number of amides is 2. The smallest absolute Gasteiger partial charge is 0.255 e. The Morgan fingerprint density at radius 2 is 1.84 bits per heavy atom. The fourth-order valence-electron chi connectivity index (χ4n) is 2.09. The van der Waals surface area contributed by atoms with E-state index in [9.17, 15) is 18.4 Å². The zero-order valence-corrected chi connectivity index (χ0v) is 10.7. The number of benzene rings is 1. The predicted octanol–water partition coefficient (Wildman–Crippen LogP) is 1.32. The van der Waals surface area contributed by atoms with Gasteiger partial charge in [-0.25, -0.2) is 8.78 Å². The average molecular weight is 268 g/mol. The molecule has 4 nitrogen and oxygen atoms in total. The van der Waals surface area contributed by atoms with Crippen molar-refractivity contribution in [3.8, 4) is 0 Å². The van der Waals surface area contributed by atoms with Crippen LogP contribution >= 0.6 is 0 Å². The molecule has 1 aromatic carbocycles. The molecule has 6 heteroatoms. The molecule has 1 fully saturated rings. The van der Waals surface area contributed by atoms with Gasteiger partial charge in [0, 0.05) is 24.7 Å². The summed E-state index contributed by atoms with van der Waals surface area (Å²) in [5.41, 5.74) is -1.14. The normalized spacial score (nSPS) is 18.1. The van der Waals surface area contributed by atoms with E-state index in [1.165, 1.54) is 4.90 Å². The van der Waals surface area contributed by atoms with E-state index < -0.39 is 23.1 Å². The second kappa shape index (κ2) is 4.60. The number of nitrogens with one attached hydrogen (secondary N) is 1. The Hall–Kier alpha value is -1.98. The Labute approximate surface area is 109 Å². The van der Waals surface area contributed by atoms with E-state index in [-0.39, 0.29) is 11.5 Å². The van der Waals surface area contributed by atoms with Crippen molar-refractivity contribution in [3.05, 3.63) is 35.4 Å². The average Bonchev–Trinajstić information content (AvgIpc) is 2.30. The summed E-state index contributed by atoms with van der Waals surface area (Å²) in [6.45, 7) is 3.81. The van der Waals surface area contributed by atoms with Gasteiger partial charge in [-0.1, -0.05) is 0 Å². The quantitative estimate of drug-likeness (QED) is 0.835. The second-order valence-electron chi connectivity index (χ2n) is 4.93. The Bertz CT molecular complexity index is 523. The van der Waals surface area contributed by atoms with Gasteiger partial charge in [-0.05, 0) is 26.0 Å². The fraction of sp³-hybridized carbons (Fsp3) is 0.385. The van der Waals surface area contributed by atoms with E-state index in [0.717, 1.165) is 12.1 Å². The number of halogens is 2. The number of carbonyl (C=O) groups is 2. The lowest BCUT2D eigenvalue weighted by Gasteiger charge is -2.41. The number of piperazine rings is 1. The topological polar surface area (TPSA) is 49.4 Å². The molecule has 0 aromatic heterocycles. The van der Waals surface area contributed by atoms with E-state index in [4.69, 9.17) is 0 Å². The maximum absolute atomic E-state index is 13.1. The lowest BCUT2D eigenvalue weighted by atomic mass is 9.97. The maximum Gasteiger partial charge on any atom is 0.255 e. The highest BCUT2D eigenvalue weighted by Crippen LogP contribution is 2.21. The number of rotatable bonds is 1. The summed E-state index contributed by atoms with van der Waals surface area (Å²) in [7, 11) is 0. The highest BCUT2D eigenvalue weighted by atomic mass is 19.1. The summed E-state index contributed by atoms with van der Waals surface area (Å²) in [5.74, 6) is -2.48. The molecule has 1 saturated heterocycles. The van der Waals surface area contributed by atoms with Gasteiger partial charge < -0.3 is 10.2 Å². The van der Waals surface area contributed by atoms with Crippen molar-refractivity contribution in [3.63, 3.8) is 0 Å². The minimum atomic E-state index is -1.04. The summed E-state index contributed by atoms with van der Waals surface area (Å²) in [6.07, 6.45) is 0. The lowest BCUT2D eigenvalue weighted by molar-refractivity contribution is -0.133.